The minimum atomic E-state index is -0.445. The predicted molar refractivity (Wildman–Crippen MR) is 93.9 cm³/mol. The van der Waals surface area contributed by atoms with Crippen LogP contribution in [-0.4, -0.2) is 58.1 Å². The zero-order chi connectivity index (χ0) is 18.3. The second kappa shape index (κ2) is 6.59. The van der Waals surface area contributed by atoms with Gasteiger partial charge in [-0.1, -0.05) is 13.3 Å². The molecule has 26 heavy (non-hydrogen) atoms. The number of hydrogen-bond donors (Lipinski definition) is 0. The van der Waals surface area contributed by atoms with Crippen LogP contribution < -0.4 is 0 Å². The molecule has 0 radical (unpaired) electrons. The third-order valence-corrected chi connectivity index (χ3v) is 5.94. The first-order valence-corrected chi connectivity index (χ1v) is 9.75. The van der Waals surface area contributed by atoms with Gasteiger partial charge >= 0.3 is 6.09 Å². The van der Waals surface area contributed by atoms with Gasteiger partial charge < -0.3 is 19.0 Å². The van der Waals surface area contributed by atoms with Gasteiger partial charge in [0.25, 0.3) is 5.91 Å². The number of carbonyl (C=O) groups excluding carboxylic acids is 2. The van der Waals surface area contributed by atoms with E-state index in [0.29, 0.717) is 44.1 Å². The van der Waals surface area contributed by atoms with Gasteiger partial charge in [0.15, 0.2) is 12.1 Å². The molecule has 1 aromatic rings. The Morgan fingerprint density at radius 1 is 1.38 bits per heavy atom. The summed E-state index contributed by atoms with van der Waals surface area (Å²) in [5.41, 5.74) is 0.0176. The number of likely N-dealkylation sites (tertiary alicyclic amines) is 1. The summed E-state index contributed by atoms with van der Waals surface area (Å²) in [6, 6.07) is 0.197. The number of piperidine rings is 1. The van der Waals surface area contributed by atoms with Crippen molar-refractivity contribution < 1.29 is 18.7 Å². The van der Waals surface area contributed by atoms with Crippen LogP contribution in [0.1, 0.15) is 74.5 Å². The van der Waals surface area contributed by atoms with Gasteiger partial charge in [-0.05, 0) is 26.2 Å². The summed E-state index contributed by atoms with van der Waals surface area (Å²) in [5, 5.41) is 0. The molecule has 0 unspecified atom stereocenters. The molecule has 3 heterocycles. The first-order valence-electron chi connectivity index (χ1n) is 9.75. The first kappa shape index (κ1) is 17.4. The van der Waals surface area contributed by atoms with E-state index in [-0.39, 0.29) is 18.0 Å². The quantitative estimate of drug-likeness (QED) is 0.805. The number of carbonyl (C=O) groups is 2. The standard InChI is InChI=1S/C19H27N3O4/c1-3-4-13(2)22-11-19(26-18(22)24)7-9-21(10-8-19)17(23)15-16(14-5-6-14)25-12-20-15/h12-14H,3-11H2,1-2H3/t13-/m1/s1. The molecule has 1 aliphatic carbocycles. The number of amides is 2. The number of rotatable bonds is 5. The number of nitrogens with zero attached hydrogens (tertiary/aromatic N) is 3. The third kappa shape index (κ3) is 3.08. The molecule has 1 atom stereocenters. The van der Waals surface area contributed by atoms with E-state index in [1.165, 1.54) is 6.39 Å². The van der Waals surface area contributed by atoms with E-state index in [2.05, 4.69) is 18.8 Å². The van der Waals surface area contributed by atoms with Gasteiger partial charge in [-0.3, -0.25) is 4.79 Å². The summed E-state index contributed by atoms with van der Waals surface area (Å²) in [6.45, 7) is 5.99. The highest BCUT2D eigenvalue weighted by Crippen LogP contribution is 2.42. The van der Waals surface area contributed by atoms with Crippen LogP contribution in [0.25, 0.3) is 0 Å². The van der Waals surface area contributed by atoms with Crippen molar-refractivity contribution in [3.8, 4) is 0 Å². The van der Waals surface area contributed by atoms with Gasteiger partial charge in [0.2, 0.25) is 0 Å². The molecule has 1 aromatic heterocycles. The van der Waals surface area contributed by atoms with E-state index >= 15 is 0 Å². The Kier molecular flexibility index (Phi) is 4.40. The Labute approximate surface area is 153 Å². The monoisotopic (exact) mass is 361 g/mol. The lowest BCUT2D eigenvalue weighted by atomic mass is 9.90. The second-order valence-electron chi connectivity index (χ2n) is 7.95. The average Bonchev–Trinajstić information content (AvgIpc) is 3.26. The van der Waals surface area contributed by atoms with E-state index in [9.17, 15) is 9.59 Å². The smallest absolute Gasteiger partial charge is 0.410 e. The minimum Gasteiger partial charge on any atom is -0.447 e. The number of hydrogen-bond acceptors (Lipinski definition) is 5. The van der Waals surface area contributed by atoms with E-state index in [4.69, 9.17) is 9.15 Å². The van der Waals surface area contributed by atoms with E-state index in [1.54, 1.807) is 0 Å². The second-order valence-corrected chi connectivity index (χ2v) is 7.95. The molecule has 7 heteroatoms. The summed E-state index contributed by atoms with van der Waals surface area (Å²) in [5.74, 6) is 1.04. The summed E-state index contributed by atoms with van der Waals surface area (Å²) in [6.07, 6.45) is 6.68. The minimum absolute atomic E-state index is 0.0592. The molecule has 0 N–H and O–H groups in total. The molecule has 0 aromatic carbocycles. The normalized spacial score (nSPS) is 23.4. The molecule has 142 valence electrons. The molecule has 0 bridgehead atoms. The van der Waals surface area contributed by atoms with Crippen LogP contribution in [0.15, 0.2) is 10.8 Å². The Morgan fingerprint density at radius 3 is 2.77 bits per heavy atom. The molecule has 3 fully saturated rings. The lowest BCUT2D eigenvalue weighted by Crippen LogP contribution is -2.49. The van der Waals surface area contributed by atoms with Gasteiger partial charge in [-0.15, -0.1) is 0 Å². The average molecular weight is 361 g/mol. The van der Waals surface area contributed by atoms with Gasteiger partial charge in [0.1, 0.15) is 11.4 Å². The van der Waals surface area contributed by atoms with Gasteiger partial charge in [-0.25, -0.2) is 9.78 Å². The predicted octanol–water partition coefficient (Wildman–Crippen LogP) is 3.17. The van der Waals surface area contributed by atoms with Crippen LogP contribution in [0.3, 0.4) is 0 Å². The molecule has 7 nitrogen and oxygen atoms in total. The Bertz CT molecular complexity index is 689. The van der Waals surface area contributed by atoms with Crippen molar-refractivity contribution in [1.82, 2.24) is 14.8 Å². The summed E-state index contributed by atoms with van der Waals surface area (Å²) in [7, 11) is 0. The molecule has 2 saturated heterocycles. The lowest BCUT2D eigenvalue weighted by Gasteiger charge is -2.37. The number of oxazole rings is 1. The summed E-state index contributed by atoms with van der Waals surface area (Å²) >= 11 is 0. The summed E-state index contributed by atoms with van der Waals surface area (Å²) < 4.78 is 11.2. The van der Waals surface area contributed by atoms with Crippen molar-refractivity contribution in [2.45, 2.75) is 69.9 Å². The fourth-order valence-electron chi connectivity index (χ4n) is 4.14. The first-order chi connectivity index (χ1) is 12.5. The van der Waals surface area contributed by atoms with Crippen molar-refractivity contribution in [3.63, 3.8) is 0 Å². The Morgan fingerprint density at radius 2 is 2.12 bits per heavy atom. The maximum Gasteiger partial charge on any atom is 0.410 e. The third-order valence-electron chi connectivity index (χ3n) is 5.94. The van der Waals surface area contributed by atoms with Crippen molar-refractivity contribution in [2.24, 2.45) is 0 Å². The van der Waals surface area contributed by atoms with Gasteiger partial charge in [0, 0.05) is 37.9 Å². The Balaban J connectivity index is 1.39. The van der Waals surface area contributed by atoms with E-state index in [0.717, 1.165) is 31.4 Å². The van der Waals surface area contributed by atoms with Crippen molar-refractivity contribution in [3.05, 3.63) is 17.8 Å². The van der Waals surface area contributed by atoms with Crippen LogP contribution in [-0.2, 0) is 4.74 Å². The van der Waals surface area contributed by atoms with Crippen LogP contribution in [0.4, 0.5) is 4.79 Å². The highest BCUT2D eigenvalue weighted by molar-refractivity contribution is 5.93. The topological polar surface area (TPSA) is 75.9 Å². The van der Waals surface area contributed by atoms with Gasteiger partial charge in [0.05, 0.1) is 6.54 Å². The highest BCUT2D eigenvalue weighted by Gasteiger charge is 2.49. The van der Waals surface area contributed by atoms with Crippen molar-refractivity contribution >= 4 is 12.0 Å². The number of ether oxygens (including phenoxy) is 1. The fourth-order valence-corrected chi connectivity index (χ4v) is 4.14. The molecular formula is C19H27N3O4. The van der Waals surface area contributed by atoms with Crippen LogP contribution in [0.5, 0.6) is 0 Å². The molecular weight excluding hydrogens is 334 g/mol. The van der Waals surface area contributed by atoms with Crippen LogP contribution in [0, 0.1) is 0 Å². The molecule has 4 rings (SSSR count). The zero-order valence-electron chi connectivity index (χ0n) is 15.6. The highest BCUT2D eigenvalue weighted by atomic mass is 16.6. The molecule has 1 saturated carbocycles. The molecule has 2 aliphatic heterocycles. The maximum absolute atomic E-state index is 12.8. The molecule has 3 aliphatic rings. The van der Waals surface area contributed by atoms with Crippen LogP contribution in [0.2, 0.25) is 0 Å². The molecule has 1 spiro atoms. The number of aromatic nitrogens is 1. The Hall–Kier alpha value is -2.05. The van der Waals surface area contributed by atoms with Crippen molar-refractivity contribution in [2.75, 3.05) is 19.6 Å². The van der Waals surface area contributed by atoms with Crippen LogP contribution >= 0.6 is 0 Å². The lowest BCUT2D eigenvalue weighted by molar-refractivity contribution is 0.00286. The van der Waals surface area contributed by atoms with E-state index < -0.39 is 5.60 Å². The van der Waals surface area contributed by atoms with Crippen molar-refractivity contribution in [1.29, 1.82) is 0 Å². The maximum atomic E-state index is 12.8. The SMILES string of the molecule is CCC[C@@H](C)N1CC2(CCN(C(=O)c3ncoc3C3CC3)CC2)OC1=O. The van der Waals surface area contributed by atoms with Gasteiger partial charge in [-0.2, -0.15) is 0 Å². The zero-order valence-corrected chi connectivity index (χ0v) is 15.6. The molecule has 2 amide bonds. The fraction of sp³-hybridized carbons (Fsp3) is 0.737. The summed E-state index contributed by atoms with van der Waals surface area (Å²) in [4.78, 5) is 32.9. The van der Waals surface area contributed by atoms with E-state index in [1.807, 2.05) is 9.80 Å². The largest absolute Gasteiger partial charge is 0.447 e.